The SMILES string of the molecule is CCc1c(-c2cn(C)cn2)nn(C2CCS(=O)(=O)C2)c1N. The van der Waals surface area contributed by atoms with Gasteiger partial charge in [0.25, 0.3) is 0 Å². The summed E-state index contributed by atoms with van der Waals surface area (Å²) < 4.78 is 26.9. The minimum Gasteiger partial charge on any atom is -0.384 e. The van der Waals surface area contributed by atoms with E-state index in [0.717, 1.165) is 23.4 Å². The fourth-order valence-corrected chi connectivity index (χ4v) is 4.51. The van der Waals surface area contributed by atoms with E-state index in [0.29, 0.717) is 12.2 Å². The molecule has 0 spiro atoms. The zero-order valence-electron chi connectivity index (χ0n) is 12.2. The van der Waals surface area contributed by atoms with Gasteiger partial charge in [0.2, 0.25) is 0 Å². The summed E-state index contributed by atoms with van der Waals surface area (Å²) in [6.07, 6.45) is 4.90. The molecule has 1 aliphatic heterocycles. The summed E-state index contributed by atoms with van der Waals surface area (Å²) in [5.41, 5.74) is 8.64. The molecule has 3 heterocycles. The Morgan fingerprint density at radius 2 is 2.24 bits per heavy atom. The molecule has 1 saturated heterocycles. The minimum atomic E-state index is -2.97. The Balaban J connectivity index is 2.06. The number of nitrogens with two attached hydrogens (primary N) is 1. The molecule has 0 amide bonds. The van der Waals surface area contributed by atoms with Gasteiger partial charge in [0.15, 0.2) is 9.84 Å². The van der Waals surface area contributed by atoms with Crippen molar-refractivity contribution < 1.29 is 8.42 Å². The van der Waals surface area contributed by atoms with Gasteiger partial charge in [-0.25, -0.2) is 18.1 Å². The van der Waals surface area contributed by atoms with Gasteiger partial charge < -0.3 is 10.3 Å². The fourth-order valence-electron chi connectivity index (χ4n) is 2.82. The molecule has 2 aromatic heterocycles. The molecule has 114 valence electrons. The number of nitrogen functional groups attached to an aromatic ring is 1. The van der Waals surface area contributed by atoms with Gasteiger partial charge in [0, 0.05) is 18.8 Å². The molecule has 2 aromatic rings. The predicted octanol–water partition coefficient (Wildman–Crippen LogP) is 0.788. The molecule has 0 bridgehead atoms. The highest BCUT2D eigenvalue weighted by atomic mass is 32.2. The van der Waals surface area contributed by atoms with Gasteiger partial charge in [-0.05, 0) is 12.8 Å². The van der Waals surface area contributed by atoms with Gasteiger partial charge in [0.05, 0.1) is 23.9 Å². The molecule has 0 saturated carbocycles. The quantitative estimate of drug-likeness (QED) is 0.904. The van der Waals surface area contributed by atoms with Crippen LogP contribution in [0.5, 0.6) is 0 Å². The van der Waals surface area contributed by atoms with Crippen molar-refractivity contribution in [2.45, 2.75) is 25.8 Å². The van der Waals surface area contributed by atoms with E-state index in [9.17, 15) is 8.42 Å². The van der Waals surface area contributed by atoms with E-state index in [4.69, 9.17) is 5.73 Å². The van der Waals surface area contributed by atoms with Crippen LogP contribution in [0.15, 0.2) is 12.5 Å². The monoisotopic (exact) mass is 309 g/mol. The lowest BCUT2D eigenvalue weighted by atomic mass is 10.1. The number of aryl methyl sites for hydroxylation is 1. The standard InChI is InChI=1S/C13H19N5O2S/c1-3-10-12(11-6-17(2)8-15-11)16-18(13(10)14)9-4-5-21(19,20)7-9/h6,8-9H,3-5,7,14H2,1-2H3. The number of hydrogen-bond donors (Lipinski definition) is 1. The molecule has 0 aliphatic carbocycles. The molecular weight excluding hydrogens is 290 g/mol. The van der Waals surface area contributed by atoms with Crippen LogP contribution in [0.3, 0.4) is 0 Å². The maximum Gasteiger partial charge on any atom is 0.152 e. The van der Waals surface area contributed by atoms with Crippen LogP contribution in [-0.4, -0.2) is 39.3 Å². The molecule has 3 rings (SSSR count). The number of anilines is 1. The normalized spacial score (nSPS) is 21.0. The molecule has 0 radical (unpaired) electrons. The van der Waals surface area contributed by atoms with E-state index < -0.39 is 9.84 Å². The van der Waals surface area contributed by atoms with Gasteiger partial charge in [-0.1, -0.05) is 6.92 Å². The number of rotatable bonds is 3. The third kappa shape index (κ3) is 2.44. The summed E-state index contributed by atoms with van der Waals surface area (Å²) in [6.45, 7) is 2.01. The van der Waals surface area contributed by atoms with Crippen LogP contribution in [0.1, 0.15) is 24.9 Å². The molecule has 0 aromatic carbocycles. The van der Waals surface area contributed by atoms with E-state index in [1.165, 1.54) is 0 Å². The number of hydrogen-bond acceptors (Lipinski definition) is 5. The van der Waals surface area contributed by atoms with Crippen molar-refractivity contribution in [3.05, 3.63) is 18.1 Å². The predicted molar refractivity (Wildman–Crippen MR) is 80.5 cm³/mol. The van der Waals surface area contributed by atoms with Crippen LogP contribution >= 0.6 is 0 Å². The molecule has 1 aliphatic rings. The second kappa shape index (κ2) is 4.87. The van der Waals surface area contributed by atoms with Crippen LogP contribution in [0.25, 0.3) is 11.4 Å². The molecule has 1 atom stereocenters. The first-order valence-electron chi connectivity index (χ1n) is 6.97. The van der Waals surface area contributed by atoms with E-state index in [-0.39, 0.29) is 17.5 Å². The second-order valence-corrected chi connectivity index (χ2v) is 7.72. The number of aromatic nitrogens is 4. The summed E-state index contributed by atoms with van der Waals surface area (Å²) in [4.78, 5) is 4.32. The van der Waals surface area contributed by atoms with Crippen LogP contribution in [0, 0.1) is 0 Å². The van der Waals surface area contributed by atoms with Gasteiger partial charge >= 0.3 is 0 Å². The first-order valence-corrected chi connectivity index (χ1v) is 8.79. The zero-order chi connectivity index (χ0) is 15.2. The van der Waals surface area contributed by atoms with Crippen LogP contribution < -0.4 is 5.73 Å². The molecule has 21 heavy (non-hydrogen) atoms. The summed E-state index contributed by atoms with van der Waals surface area (Å²) in [5, 5.41) is 4.56. The molecule has 8 heteroatoms. The number of sulfone groups is 1. The Morgan fingerprint density at radius 3 is 2.76 bits per heavy atom. The average molecular weight is 309 g/mol. The van der Waals surface area contributed by atoms with Gasteiger partial charge in [-0.2, -0.15) is 5.10 Å². The van der Waals surface area contributed by atoms with Crippen molar-refractivity contribution >= 4 is 15.7 Å². The summed E-state index contributed by atoms with van der Waals surface area (Å²) in [7, 11) is -1.07. The highest BCUT2D eigenvalue weighted by molar-refractivity contribution is 7.91. The third-order valence-electron chi connectivity index (χ3n) is 3.90. The lowest BCUT2D eigenvalue weighted by Crippen LogP contribution is -2.15. The number of nitrogens with zero attached hydrogens (tertiary/aromatic N) is 4. The Labute approximate surface area is 123 Å². The van der Waals surface area contributed by atoms with E-state index >= 15 is 0 Å². The lowest BCUT2D eigenvalue weighted by molar-refractivity contribution is 0.508. The van der Waals surface area contributed by atoms with Crippen molar-refractivity contribution in [3.8, 4) is 11.4 Å². The van der Waals surface area contributed by atoms with Crippen molar-refractivity contribution in [1.29, 1.82) is 0 Å². The van der Waals surface area contributed by atoms with E-state index in [1.54, 1.807) is 11.0 Å². The summed E-state index contributed by atoms with van der Waals surface area (Å²) in [5.74, 6) is 0.876. The minimum absolute atomic E-state index is 0.115. The van der Waals surface area contributed by atoms with Gasteiger partial charge in [-0.3, -0.25) is 0 Å². The summed E-state index contributed by atoms with van der Waals surface area (Å²) >= 11 is 0. The largest absolute Gasteiger partial charge is 0.384 e. The zero-order valence-corrected chi connectivity index (χ0v) is 13.0. The maximum absolute atomic E-state index is 11.7. The maximum atomic E-state index is 11.7. The fraction of sp³-hybridized carbons (Fsp3) is 0.538. The molecule has 2 N–H and O–H groups in total. The lowest BCUT2D eigenvalue weighted by Gasteiger charge is -2.10. The second-order valence-electron chi connectivity index (χ2n) is 5.49. The summed E-state index contributed by atoms with van der Waals surface area (Å²) in [6, 6.07) is -0.169. The van der Waals surface area contributed by atoms with Gasteiger partial charge in [0.1, 0.15) is 17.2 Å². The van der Waals surface area contributed by atoms with Crippen molar-refractivity contribution in [2.75, 3.05) is 17.2 Å². The van der Waals surface area contributed by atoms with Crippen molar-refractivity contribution in [3.63, 3.8) is 0 Å². The Hall–Kier alpha value is -1.83. The third-order valence-corrected chi connectivity index (χ3v) is 5.66. The van der Waals surface area contributed by atoms with Crippen LogP contribution in [0.2, 0.25) is 0 Å². The highest BCUT2D eigenvalue weighted by Crippen LogP contribution is 2.32. The molecule has 1 unspecified atom stereocenters. The average Bonchev–Trinajstić information content (AvgIpc) is 3.07. The van der Waals surface area contributed by atoms with E-state index in [1.807, 2.05) is 24.7 Å². The van der Waals surface area contributed by atoms with Gasteiger partial charge in [-0.15, -0.1) is 0 Å². The molecule has 7 nitrogen and oxygen atoms in total. The Kier molecular flexibility index (Phi) is 3.27. The Bertz CT molecular complexity index is 775. The van der Waals surface area contributed by atoms with Crippen molar-refractivity contribution in [2.24, 2.45) is 7.05 Å². The van der Waals surface area contributed by atoms with E-state index in [2.05, 4.69) is 10.1 Å². The van der Waals surface area contributed by atoms with Crippen LogP contribution in [0.4, 0.5) is 5.82 Å². The first-order chi connectivity index (χ1) is 9.91. The number of imidazole rings is 1. The smallest absolute Gasteiger partial charge is 0.152 e. The molecule has 1 fully saturated rings. The van der Waals surface area contributed by atoms with Crippen molar-refractivity contribution in [1.82, 2.24) is 19.3 Å². The highest BCUT2D eigenvalue weighted by Gasteiger charge is 2.32. The Morgan fingerprint density at radius 1 is 1.48 bits per heavy atom. The topological polar surface area (TPSA) is 95.8 Å². The molecular formula is C13H19N5O2S. The van der Waals surface area contributed by atoms with Crippen LogP contribution in [-0.2, 0) is 23.3 Å². The first kappa shape index (κ1) is 14.1.